The highest BCUT2D eigenvalue weighted by atomic mass is 32.2. The first-order chi connectivity index (χ1) is 9.77. The van der Waals surface area contributed by atoms with E-state index in [1.54, 1.807) is 6.08 Å². The van der Waals surface area contributed by atoms with Crippen molar-refractivity contribution >= 4 is 15.8 Å². The van der Waals surface area contributed by atoms with Crippen LogP contribution in [0.25, 0.3) is 0 Å². The van der Waals surface area contributed by atoms with Crippen LogP contribution >= 0.6 is 0 Å². The quantitative estimate of drug-likeness (QED) is 0.676. The molecule has 1 N–H and O–H groups in total. The minimum atomic E-state index is -3.04. The van der Waals surface area contributed by atoms with Gasteiger partial charge in [0.1, 0.15) is 5.75 Å². The van der Waals surface area contributed by atoms with Gasteiger partial charge in [-0.2, -0.15) is 0 Å². The molecule has 2 rings (SSSR count). The summed E-state index contributed by atoms with van der Waals surface area (Å²) in [5, 5.41) is 4.45. The molecular formula is C15H19NO4S. The molecule has 6 heteroatoms. The van der Waals surface area contributed by atoms with Gasteiger partial charge in [0.2, 0.25) is 0 Å². The smallest absolute Gasteiger partial charge is 0.308 e. The molecule has 0 radical (unpaired) electrons. The summed E-state index contributed by atoms with van der Waals surface area (Å²) in [4.78, 5) is 11.1. The van der Waals surface area contributed by atoms with Crippen molar-refractivity contribution in [3.63, 3.8) is 0 Å². The van der Waals surface area contributed by atoms with Gasteiger partial charge in [-0.25, -0.2) is 8.42 Å². The second-order valence-electron chi connectivity index (χ2n) is 5.30. The number of ether oxygens (including phenoxy) is 1. The lowest BCUT2D eigenvalue weighted by atomic mass is 10.1. The van der Waals surface area contributed by atoms with E-state index in [-0.39, 0.29) is 17.8 Å². The minimum Gasteiger partial charge on any atom is -0.426 e. The van der Waals surface area contributed by atoms with E-state index in [0.717, 1.165) is 16.7 Å². The number of sulfone groups is 1. The van der Waals surface area contributed by atoms with Gasteiger partial charge in [-0.1, -0.05) is 18.2 Å². The lowest BCUT2D eigenvalue weighted by molar-refractivity contribution is -0.131. The third kappa shape index (κ3) is 4.15. The van der Waals surface area contributed by atoms with Crippen LogP contribution in [0.5, 0.6) is 5.75 Å². The number of carbonyl (C=O) groups excluding carboxylic acids is 1. The van der Waals surface area contributed by atoms with Crippen LogP contribution in [0.4, 0.5) is 0 Å². The van der Waals surface area contributed by atoms with Crippen molar-refractivity contribution in [2.24, 2.45) is 0 Å². The lowest BCUT2D eigenvalue weighted by Crippen LogP contribution is -2.29. The van der Waals surface area contributed by atoms with Crippen molar-refractivity contribution in [2.45, 2.75) is 33.4 Å². The van der Waals surface area contributed by atoms with E-state index in [0.29, 0.717) is 12.3 Å². The average Bonchev–Trinajstić information content (AvgIpc) is 2.71. The monoisotopic (exact) mass is 309 g/mol. The Kier molecular flexibility index (Phi) is 4.49. The number of rotatable bonds is 4. The average molecular weight is 309 g/mol. The normalized spacial score (nSPS) is 19.7. The molecule has 5 nitrogen and oxygen atoms in total. The Labute approximate surface area is 124 Å². The molecule has 0 fully saturated rings. The van der Waals surface area contributed by atoms with Gasteiger partial charge in [-0.15, -0.1) is 0 Å². The molecule has 0 aliphatic carbocycles. The highest BCUT2D eigenvalue weighted by Gasteiger charge is 2.21. The van der Waals surface area contributed by atoms with Gasteiger partial charge >= 0.3 is 5.97 Å². The molecule has 0 spiro atoms. The number of esters is 1. The highest BCUT2D eigenvalue weighted by Crippen LogP contribution is 2.25. The summed E-state index contributed by atoms with van der Waals surface area (Å²) in [6.07, 6.45) is 1.67. The predicted octanol–water partition coefficient (Wildman–Crippen LogP) is 1.63. The Hall–Kier alpha value is -1.66. The van der Waals surface area contributed by atoms with E-state index in [1.807, 2.05) is 26.0 Å². The van der Waals surface area contributed by atoms with Gasteiger partial charge in [0.15, 0.2) is 9.84 Å². The van der Waals surface area contributed by atoms with E-state index >= 15 is 0 Å². The molecule has 21 heavy (non-hydrogen) atoms. The van der Waals surface area contributed by atoms with Crippen molar-refractivity contribution in [1.29, 1.82) is 0 Å². The molecule has 1 unspecified atom stereocenters. The first-order valence-electron chi connectivity index (χ1n) is 6.70. The standard InChI is InChI=1S/C15H19NO4S/c1-10-6-13(7-11(2)15(10)20-12(3)17)8-16-14-4-5-21(18,19)9-14/h4-7,14,16H,8-9H2,1-3H3. The van der Waals surface area contributed by atoms with Gasteiger partial charge in [0.05, 0.1) is 5.75 Å². The van der Waals surface area contributed by atoms with Crippen molar-refractivity contribution < 1.29 is 17.9 Å². The zero-order valence-corrected chi connectivity index (χ0v) is 13.2. The topological polar surface area (TPSA) is 72.5 Å². The maximum atomic E-state index is 11.3. The van der Waals surface area contributed by atoms with Crippen LogP contribution in [0.3, 0.4) is 0 Å². The lowest BCUT2D eigenvalue weighted by Gasteiger charge is -2.14. The predicted molar refractivity (Wildman–Crippen MR) is 80.8 cm³/mol. The van der Waals surface area contributed by atoms with Crippen LogP contribution in [0.2, 0.25) is 0 Å². The van der Waals surface area contributed by atoms with Gasteiger partial charge in [-0.05, 0) is 30.5 Å². The van der Waals surface area contributed by atoms with Crippen molar-refractivity contribution in [1.82, 2.24) is 5.32 Å². The van der Waals surface area contributed by atoms with E-state index in [1.165, 1.54) is 12.3 Å². The zero-order valence-electron chi connectivity index (χ0n) is 12.3. The zero-order chi connectivity index (χ0) is 15.6. The molecule has 1 aromatic carbocycles. The second-order valence-corrected chi connectivity index (χ2v) is 7.23. The molecule has 1 aliphatic heterocycles. The Balaban J connectivity index is 2.05. The van der Waals surface area contributed by atoms with Crippen LogP contribution in [-0.4, -0.2) is 26.2 Å². The molecule has 0 saturated carbocycles. The van der Waals surface area contributed by atoms with Crippen LogP contribution in [-0.2, 0) is 21.2 Å². The first-order valence-corrected chi connectivity index (χ1v) is 8.41. The van der Waals surface area contributed by atoms with Crippen molar-refractivity contribution in [2.75, 3.05) is 5.75 Å². The van der Waals surface area contributed by atoms with Gasteiger partial charge < -0.3 is 10.1 Å². The largest absolute Gasteiger partial charge is 0.426 e. The molecule has 0 bridgehead atoms. The first kappa shape index (κ1) is 15.7. The summed E-state index contributed by atoms with van der Waals surface area (Å²) in [5.74, 6) is 0.360. The second kappa shape index (κ2) is 5.99. The number of hydrogen-bond acceptors (Lipinski definition) is 5. The maximum Gasteiger partial charge on any atom is 0.308 e. The molecule has 114 valence electrons. The fourth-order valence-corrected chi connectivity index (χ4v) is 3.67. The Bertz CT molecular complexity index is 669. The van der Waals surface area contributed by atoms with Gasteiger partial charge in [0.25, 0.3) is 0 Å². The summed E-state index contributed by atoms with van der Waals surface area (Å²) in [6, 6.07) is 3.72. The minimum absolute atomic E-state index is 0.108. The maximum absolute atomic E-state index is 11.3. The van der Waals surface area contributed by atoms with E-state index in [2.05, 4.69) is 5.32 Å². The number of hydrogen-bond donors (Lipinski definition) is 1. The van der Waals surface area contributed by atoms with Gasteiger partial charge in [0, 0.05) is 24.9 Å². The SMILES string of the molecule is CC(=O)Oc1c(C)cc(CNC2C=CS(=O)(=O)C2)cc1C. The third-order valence-corrected chi connectivity index (χ3v) is 4.66. The van der Waals surface area contributed by atoms with E-state index in [9.17, 15) is 13.2 Å². The molecule has 1 atom stereocenters. The molecule has 0 amide bonds. The summed E-state index contributed by atoms with van der Waals surface area (Å²) >= 11 is 0. The van der Waals surface area contributed by atoms with Crippen LogP contribution in [0.1, 0.15) is 23.6 Å². The summed E-state index contributed by atoms with van der Waals surface area (Å²) in [5.41, 5.74) is 2.80. The fourth-order valence-electron chi connectivity index (χ4n) is 2.40. The third-order valence-electron chi connectivity index (χ3n) is 3.26. The molecule has 1 heterocycles. The number of nitrogens with one attached hydrogen (secondary N) is 1. The Morgan fingerprint density at radius 2 is 1.95 bits per heavy atom. The summed E-state index contributed by atoms with van der Waals surface area (Å²) in [7, 11) is -3.04. The number of carbonyl (C=O) groups is 1. The molecule has 1 aliphatic rings. The fraction of sp³-hybridized carbons (Fsp3) is 0.400. The molecule has 0 saturated heterocycles. The van der Waals surface area contributed by atoms with Crippen LogP contribution in [0, 0.1) is 13.8 Å². The van der Waals surface area contributed by atoms with Crippen LogP contribution < -0.4 is 10.1 Å². The molecular weight excluding hydrogens is 290 g/mol. The number of aryl methyl sites for hydroxylation is 2. The van der Waals surface area contributed by atoms with Crippen molar-refractivity contribution in [3.05, 3.63) is 40.3 Å². The molecule has 1 aromatic rings. The highest BCUT2D eigenvalue weighted by molar-refractivity contribution is 7.94. The summed E-state index contributed by atoms with van der Waals surface area (Å²) in [6.45, 7) is 5.71. The molecule has 0 aromatic heterocycles. The number of benzene rings is 1. The Morgan fingerprint density at radius 1 is 1.33 bits per heavy atom. The van der Waals surface area contributed by atoms with E-state index in [4.69, 9.17) is 4.74 Å². The Morgan fingerprint density at radius 3 is 2.43 bits per heavy atom. The van der Waals surface area contributed by atoms with Gasteiger partial charge in [-0.3, -0.25) is 4.79 Å². The summed E-state index contributed by atoms with van der Waals surface area (Å²) < 4.78 is 27.9. The van der Waals surface area contributed by atoms with Crippen LogP contribution in [0.15, 0.2) is 23.6 Å². The van der Waals surface area contributed by atoms with Crippen molar-refractivity contribution in [3.8, 4) is 5.75 Å². The van der Waals surface area contributed by atoms with E-state index < -0.39 is 9.84 Å².